The van der Waals surface area contributed by atoms with Crippen molar-refractivity contribution < 1.29 is 9.13 Å². The molecule has 1 aliphatic carbocycles. The lowest BCUT2D eigenvalue weighted by molar-refractivity contribution is 0.360. The first-order chi connectivity index (χ1) is 17.1. The van der Waals surface area contributed by atoms with Crippen LogP contribution in [0.2, 0.25) is 0 Å². The lowest BCUT2D eigenvalue weighted by Gasteiger charge is -2.16. The molecule has 2 aromatic carbocycles. The minimum Gasteiger partial charge on any atom is -0.487 e. The van der Waals surface area contributed by atoms with Gasteiger partial charge in [-0.2, -0.15) is 10.1 Å². The third-order valence-electron chi connectivity index (χ3n) is 6.28. The maximum Gasteiger partial charge on any atom is 0.229 e. The maximum atomic E-state index is 13.5. The highest BCUT2D eigenvalue weighted by molar-refractivity contribution is 5.64. The van der Waals surface area contributed by atoms with Gasteiger partial charge in [0.25, 0.3) is 0 Å². The molecule has 3 heterocycles. The minimum absolute atomic E-state index is 0.0951. The summed E-state index contributed by atoms with van der Waals surface area (Å²) < 4.78 is 21.3. The molecule has 1 atom stereocenters. The van der Waals surface area contributed by atoms with Crippen molar-refractivity contribution in [3.8, 4) is 11.4 Å². The van der Waals surface area contributed by atoms with E-state index in [-0.39, 0.29) is 11.7 Å². The Morgan fingerprint density at radius 2 is 1.97 bits per heavy atom. The van der Waals surface area contributed by atoms with Crippen LogP contribution < -0.4 is 15.4 Å². The van der Waals surface area contributed by atoms with Gasteiger partial charge >= 0.3 is 0 Å². The topological polar surface area (TPSA) is 89.8 Å². The first-order valence-electron chi connectivity index (χ1n) is 11.6. The first-order valence-corrected chi connectivity index (χ1v) is 11.6. The zero-order chi connectivity index (χ0) is 23.8. The van der Waals surface area contributed by atoms with E-state index in [2.05, 4.69) is 20.7 Å². The van der Waals surface area contributed by atoms with Gasteiger partial charge in [0.15, 0.2) is 0 Å². The quantitative estimate of drug-likeness (QED) is 0.412. The second kappa shape index (κ2) is 8.83. The largest absolute Gasteiger partial charge is 0.487 e. The van der Waals surface area contributed by atoms with E-state index in [9.17, 15) is 4.39 Å². The molecule has 0 fully saturated rings. The number of nitrogens with zero attached hydrogens (tertiary/aromatic N) is 5. The number of halogens is 1. The van der Waals surface area contributed by atoms with Crippen molar-refractivity contribution in [1.82, 2.24) is 24.7 Å². The summed E-state index contributed by atoms with van der Waals surface area (Å²) >= 11 is 0. The number of rotatable bonds is 2. The van der Waals surface area contributed by atoms with E-state index in [1.165, 1.54) is 12.1 Å². The molecule has 1 aliphatic heterocycles. The van der Waals surface area contributed by atoms with Crippen LogP contribution in [0.4, 0.5) is 21.8 Å². The summed E-state index contributed by atoms with van der Waals surface area (Å²) in [5.74, 6) is 2.53. The molecule has 176 valence electrons. The van der Waals surface area contributed by atoms with Crippen molar-refractivity contribution in [2.45, 2.75) is 25.7 Å². The number of hydrogen-bond donors (Lipinski definition) is 2. The highest BCUT2D eigenvalue weighted by Gasteiger charge is 2.29. The van der Waals surface area contributed by atoms with Crippen LogP contribution in [0, 0.1) is 12.7 Å². The fourth-order valence-corrected chi connectivity index (χ4v) is 4.62. The van der Waals surface area contributed by atoms with Crippen LogP contribution in [-0.4, -0.2) is 37.9 Å². The number of aryl methyl sites for hydroxylation is 1. The number of hydrogen-bond acceptors (Lipinski definition) is 7. The van der Waals surface area contributed by atoms with E-state index in [4.69, 9.17) is 14.7 Å². The molecular weight excluding hydrogens is 445 g/mol. The summed E-state index contributed by atoms with van der Waals surface area (Å²) in [4.78, 5) is 13.9. The molecule has 4 bridgehead atoms. The van der Waals surface area contributed by atoms with Gasteiger partial charge in [-0.25, -0.2) is 19.0 Å². The number of anilines is 3. The monoisotopic (exact) mass is 469 g/mol. The van der Waals surface area contributed by atoms with E-state index in [1.807, 2.05) is 49.4 Å². The van der Waals surface area contributed by atoms with Crippen LogP contribution in [0.15, 0.2) is 60.9 Å². The molecule has 0 amide bonds. The fourth-order valence-electron chi connectivity index (χ4n) is 4.62. The summed E-state index contributed by atoms with van der Waals surface area (Å²) in [6.07, 6.45) is 7.45. The van der Waals surface area contributed by atoms with Gasteiger partial charge < -0.3 is 15.4 Å². The summed E-state index contributed by atoms with van der Waals surface area (Å²) in [7, 11) is 0. The van der Waals surface area contributed by atoms with Gasteiger partial charge in [0, 0.05) is 29.8 Å². The Morgan fingerprint density at radius 1 is 1.09 bits per heavy atom. The molecule has 0 saturated heterocycles. The van der Waals surface area contributed by atoms with Gasteiger partial charge in [-0.3, -0.25) is 0 Å². The molecule has 0 saturated carbocycles. The molecule has 8 nitrogen and oxygen atoms in total. The average molecular weight is 470 g/mol. The van der Waals surface area contributed by atoms with Gasteiger partial charge in [0.2, 0.25) is 5.95 Å². The van der Waals surface area contributed by atoms with Crippen LogP contribution >= 0.6 is 0 Å². The normalized spacial score (nSPS) is 17.6. The second-order valence-electron chi connectivity index (χ2n) is 8.61. The van der Waals surface area contributed by atoms with Crippen molar-refractivity contribution in [2.75, 3.05) is 23.8 Å². The van der Waals surface area contributed by atoms with Gasteiger partial charge in [-0.15, -0.1) is 0 Å². The van der Waals surface area contributed by atoms with Crippen molar-refractivity contribution >= 4 is 17.5 Å². The molecule has 6 rings (SSSR count). The lowest BCUT2D eigenvalue weighted by Crippen LogP contribution is -2.10. The Labute approximate surface area is 201 Å². The number of ether oxygens (including phenoxy) is 1. The van der Waals surface area contributed by atoms with E-state index in [0.717, 1.165) is 46.9 Å². The predicted molar refractivity (Wildman–Crippen MR) is 131 cm³/mol. The smallest absolute Gasteiger partial charge is 0.229 e. The van der Waals surface area contributed by atoms with Gasteiger partial charge in [-0.1, -0.05) is 18.2 Å². The highest BCUT2D eigenvalue weighted by atomic mass is 19.1. The zero-order valence-electron chi connectivity index (χ0n) is 19.2. The second-order valence-corrected chi connectivity index (χ2v) is 8.61. The van der Waals surface area contributed by atoms with Crippen molar-refractivity contribution in [1.29, 1.82) is 0 Å². The van der Waals surface area contributed by atoms with Crippen molar-refractivity contribution in [2.24, 2.45) is 0 Å². The first kappa shape index (κ1) is 21.3. The van der Waals surface area contributed by atoms with Crippen molar-refractivity contribution in [3.63, 3.8) is 0 Å². The standard InChI is InChI=1S/C26H24FN7O/c1-16-29-15-34(33-16)22-11-8-19-14-23(22)35-13-3-2-12-28-25-21-10-9-20(17-4-6-18(27)7-5-17)24(21)31-26(30-19)32-25/h2-8,11,14-15,20H,9-10,12-13H2,1H3,(H2,28,30,31,32)/b3-2-. The minimum atomic E-state index is -0.237. The third-order valence-corrected chi connectivity index (χ3v) is 6.28. The Kier molecular flexibility index (Phi) is 5.36. The average Bonchev–Trinajstić information content (AvgIpc) is 3.48. The number of aromatic nitrogens is 5. The maximum absolute atomic E-state index is 13.5. The summed E-state index contributed by atoms with van der Waals surface area (Å²) in [6, 6.07) is 12.5. The SMILES string of the molecule is Cc1ncn(-c2ccc3cc2OC/C=C\CNc2nc(nc4c2CCC4c2ccc(F)cc2)N3)n1. The van der Waals surface area contributed by atoms with E-state index in [1.54, 1.807) is 11.0 Å². The summed E-state index contributed by atoms with van der Waals surface area (Å²) in [6.45, 7) is 2.88. The number of nitrogens with one attached hydrogen (secondary N) is 2. The molecule has 2 aromatic heterocycles. The number of fused-ring (bicyclic) bond motifs is 6. The van der Waals surface area contributed by atoms with E-state index >= 15 is 0 Å². The third kappa shape index (κ3) is 4.21. The van der Waals surface area contributed by atoms with Crippen molar-refractivity contribution in [3.05, 3.63) is 89.4 Å². The molecular formula is C26H24FN7O. The molecule has 1 unspecified atom stereocenters. The summed E-state index contributed by atoms with van der Waals surface area (Å²) in [5.41, 5.74) is 4.74. The number of benzene rings is 2. The van der Waals surface area contributed by atoms with Crippen LogP contribution in [0.3, 0.4) is 0 Å². The Morgan fingerprint density at radius 3 is 2.80 bits per heavy atom. The molecule has 2 N–H and O–H groups in total. The fraction of sp³-hybridized carbons (Fsp3) is 0.231. The Bertz CT molecular complexity index is 1410. The molecule has 0 spiro atoms. The Hall–Kier alpha value is -4.27. The highest BCUT2D eigenvalue weighted by Crippen LogP contribution is 2.40. The van der Waals surface area contributed by atoms with Crippen LogP contribution in [0.1, 0.15) is 35.0 Å². The molecule has 0 radical (unpaired) electrons. The van der Waals surface area contributed by atoms with E-state index in [0.29, 0.717) is 30.7 Å². The van der Waals surface area contributed by atoms with Gasteiger partial charge in [0.1, 0.15) is 41.8 Å². The zero-order valence-corrected chi connectivity index (χ0v) is 19.2. The lowest BCUT2D eigenvalue weighted by atomic mass is 9.97. The summed E-state index contributed by atoms with van der Waals surface area (Å²) in [5, 5.41) is 11.2. The molecule has 35 heavy (non-hydrogen) atoms. The van der Waals surface area contributed by atoms with Crippen LogP contribution in [0.25, 0.3) is 5.69 Å². The van der Waals surface area contributed by atoms with Gasteiger partial charge in [-0.05, 0) is 55.7 Å². The van der Waals surface area contributed by atoms with E-state index < -0.39 is 0 Å². The molecule has 2 aliphatic rings. The molecule has 4 aromatic rings. The van der Waals surface area contributed by atoms with Gasteiger partial charge in [0.05, 0.1) is 5.69 Å². The molecule has 9 heteroatoms. The Balaban J connectivity index is 1.40. The predicted octanol–water partition coefficient (Wildman–Crippen LogP) is 4.69. The van der Waals surface area contributed by atoms with Crippen LogP contribution in [0.5, 0.6) is 5.75 Å². The van der Waals surface area contributed by atoms with Crippen LogP contribution in [-0.2, 0) is 6.42 Å².